The van der Waals surface area contributed by atoms with Gasteiger partial charge in [0.1, 0.15) is 5.75 Å². The SMILES string of the molecule is C.C.[2H]C([2H])([2H])Oc1ccc(C(CN(C([2H])([2H])[2H])C([2H])([2H])[2H])C2(O)CCCCC2)cc1. The van der Waals surface area contributed by atoms with Gasteiger partial charge in [-0.05, 0) is 44.5 Å². The summed E-state index contributed by atoms with van der Waals surface area (Å²) >= 11 is 0. The van der Waals surface area contributed by atoms with E-state index in [4.69, 9.17) is 17.1 Å². The molecule has 1 unspecified atom stereocenters. The monoisotopic (exact) mass is 318 g/mol. The largest absolute Gasteiger partial charge is 0.497 e. The molecule has 128 valence electrons. The van der Waals surface area contributed by atoms with E-state index in [2.05, 4.69) is 0 Å². The van der Waals surface area contributed by atoms with Gasteiger partial charge >= 0.3 is 0 Å². The highest BCUT2D eigenvalue weighted by Gasteiger charge is 2.38. The molecule has 2 rings (SSSR count). The van der Waals surface area contributed by atoms with Gasteiger partial charge in [0, 0.05) is 20.7 Å². The Kier molecular flexibility index (Phi) is 4.14. The first-order valence-electron chi connectivity index (χ1n) is 11.4. The lowest BCUT2D eigenvalue weighted by atomic mass is 9.72. The smallest absolute Gasteiger partial charge is 0.118 e. The van der Waals surface area contributed by atoms with Crippen LogP contribution < -0.4 is 4.74 Å². The molecule has 0 aliphatic heterocycles. The van der Waals surface area contributed by atoms with Gasteiger partial charge in [0.2, 0.25) is 0 Å². The van der Waals surface area contributed by atoms with Gasteiger partial charge < -0.3 is 14.7 Å². The minimum Gasteiger partial charge on any atom is -0.497 e. The Bertz CT molecular complexity index is 649. The number of ether oxygens (including phenoxy) is 1. The Morgan fingerprint density at radius 1 is 1.18 bits per heavy atom. The molecule has 0 aromatic heterocycles. The Morgan fingerprint density at radius 3 is 2.36 bits per heavy atom. The summed E-state index contributed by atoms with van der Waals surface area (Å²) in [6, 6.07) is 5.96. The van der Waals surface area contributed by atoms with Crippen LogP contribution in [-0.2, 0) is 0 Å². The molecule has 0 amide bonds. The summed E-state index contributed by atoms with van der Waals surface area (Å²) in [5, 5.41) is 11.3. The zero-order valence-corrected chi connectivity index (χ0v) is 11.4. The third kappa shape index (κ3) is 4.99. The van der Waals surface area contributed by atoms with E-state index in [0.29, 0.717) is 23.3 Å². The van der Waals surface area contributed by atoms with E-state index < -0.39 is 32.5 Å². The minimum atomic E-state index is -2.86. The van der Waals surface area contributed by atoms with Crippen molar-refractivity contribution in [1.29, 1.82) is 0 Å². The molecule has 1 aromatic carbocycles. The van der Waals surface area contributed by atoms with Gasteiger partial charge in [-0.1, -0.05) is 46.2 Å². The Morgan fingerprint density at radius 2 is 1.82 bits per heavy atom. The third-order valence-corrected chi connectivity index (χ3v) is 4.13. The molecule has 0 radical (unpaired) electrons. The van der Waals surface area contributed by atoms with Crippen LogP contribution in [-0.4, -0.2) is 43.1 Å². The van der Waals surface area contributed by atoms with Crippen molar-refractivity contribution in [2.75, 3.05) is 27.5 Å². The van der Waals surface area contributed by atoms with E-state index >= 15 is 0 Å². The number of benzene rings is 1. The highest BCUT2D eigenvalue weighted by atomic mass is 16.5. The quantitative estimate of drug-likeness (QED) is 0.878. The van der Waals surface area contributed by atoms with E-state index in [1.165, 1.54) is 12.1 Å². The summed E-state index contributed by atoms with van der Waals surface area (Å²) in [5.74, 6) is -0.669. The zero-order valence-electron chi connectivity index (χ0n) is 20.4. The molecule has 1 aromatic rings. The Labute approximate surface area is 149 Å². The van der Waals surface area contributed by atoms with Gasteiger partial charge in [-0.15, -0.1) is 0 Å². The first-order chi connectivity index (χ1) is 13.1. The van der Waals surface area contributed by atoms with Crippen LogP contribution >= 0.6 is 0 Å². The summed E-state index contributed by atoms with van der Waals surface area (Å²) in [6.07, 6.45) is 3.33. The molecule has 0 bridgehead atoms. The number of likely N-dealkylation sites (N-methyl/N-ethyl adjacent to an activating group) is 1. The standard InChI is InChI=1S/C17H27NO2.2CH4/c1-18(2)13-16(17(19)11-5-4-6-12-17)14-7-9-15(20-3)10-8-14;;/h7-10,16,19H,4-6,11-13H2,1-3H3;2*1H4/i1D3,2D3,3D3;;. The molecule has 22 heavy (non-hydrogen) atoms. The molecule has 1 saturated carbocycles. The molecule has 0 heterocycles. The molecule has 0 spiro atoms. The van der Waals surface area contributed by atoms with Gasteiger partial charge in [-0.25, -0.2) is 0 Å². The predicted octanol–water partition coefficient (Wildman–Crippen LogP) is 4.31. The lowest BCUT2D eigenvalue weighted by molar-refractivity contribution is -0.0277. The van der Waals surface area contributed by atoms with Gasteiger partial charge in [-0.2, -0.15) is 0 Å². The molecular weight excluding hydrogens is 274 g/mol. The Hall–Kier alpha value is -1.06. The average Bonchev–Trinajstić information content (AvgIpc) is 2.53. The molecule has 0 saturated heterocycles. The maximum absolute atomic E-state index is 11.3. The molecule has 1 aliphatic rings. The normalized spacial score (nSPS) is 25.8. The first-order valence-corrected chi connectivity index (χ1v) is 6.91. The van der Waals surface area contributed by atoms with Crippen LogP contribution in [0.1, 0.15) is 70.8 Å². The van der Waals surface area contributed by atoms with Crippen molar-refractivity contribution in [2.45, 2.75) is 58.5 Å². The van der Waals surface area contributed by atoms with Crippen LogP contribution in [0.15, 0.2) is 24.3 Å². The number of hydrogen-bond acceptors (Lipinski definition) is 3. The van der Waals surface area contributed by atoms with Crippen molar-refractivity contribution in [3.63, 3.8) is 0 Å². The van der Waals surface area contributed by atoms with Crippen LogP contribution in [0.2, 0.25) is 0 Å². The van der Waals surface area contributed by atoms with Crippen LogP contribution in [0.5, 0.6) is 5.75 Å². The van der Waals surface area contributed by atoms with Crippen molar-refractivity contribution in [3.05, 3.63) is 29.8 Å². The number of hydrogen-bond donors (Lipinski definition) is 1. The summed E-state index contributed by atoms with van der Waals surface area (Å²) < 4.78 is 72.2. The second-order valence-electron chi connectivity index (χ2n) is 5.50. The number of aliphatic hydroxyl groups is 1. The topological polar surface area (TPSA) is 32.7 Å². The fourth-order valence-corrected chi connectivity index (χ4v) is 3.05. The van der Waals surface area contributed by atoms with E-state index in [1.54, 1.807) is 12.1 Å². The van der Waals surface area contributed by atoms with Gasteiger partial charge in [0.15, 0.2) is 0 Å². The van der Waals surface area contributed by atoms with Crippen molar-refractivity contribution in [2.24, 2.45) is 0 Å². The van der Waals surface area contributed by atoms with Crippen molar-refractivity contribution < 1.29 is 22.2 Å². The van der Waals surface area contributed by atoms with Crippen LogP contribution in [0.3, 0.4) is 0 Å². The van der Waals surface area contributed by atoms with Crippen LogP contribution in [0.25, 0.3) is 0 Å². The Balaban J connectivity index is 0.00000450. The lowest BCUT2D eigenvalue weighted by Crippen LogP contribution is -2.42. The molecular formula is C19H35NO2. The fraction of sp³-hybridized carbons (Fsp3) is 0.684. The molecule has 1 fully saturated rings. The average molecular weight is 319 g/mol. The number of methoxy groups -OCH3 is 1. The maximum atomic E-state index is 11.3. The second-order valence-corrected chi connectivity index (χ2v) is 5.50. The minimum absolute atomic E-state index is 0. The van der Waals surface area contributed by atoms with Crippen LogP contribution in [0.4, 0.5) is 0 Å². The summed E-state index contributed by atoms with van der Waals surface area (Å²) in [6.45, 7) is -6.11. The van der Waals surface area contributed by atoms with Crippen molar-refractivity contribution >= 4 is 0 Å². The zero-order chi connectivity index (χ0) is 22.1. The summed E-state index contributed by atoms with van der Waals surface area (Å²) in [4.78, 5) is 0.462. The van der Waals surface area contributed by atoms with Crippen LogP contribution in [0, 0.1) is 0 Å². The predicted molar refractivity (Wildman–Crippen MR) is 95.8 cm³/mol. The molecule has 1 N–H and O–H groups in total. The van der Waals surface area contributed by atoms with Crippen molar-refractivity contribution in [3.8, 4) is 5.75 Å². The second kappa shape index (κ2) is 9.16. The first kappa shape index (κ1) is 9.94. The third-order valence-electron chi connectivity index (χ3n) is 4.13. The maximum Gasteiger partial charge on any atom is 0.118 e. The highest BCUT2D eigenvalue weighted by Crippen LogP contribution is 2.40. The van der Waals surface area contributed by atoms with Gasteiger partial charge in [0.05, 0.1) is 16.8 Å². The molecule has 1 atom stereocenters. The van der Waals surface area contributed by atoms with Gasteiger partial charge in [-0.3, -0.25) is 0 Å². The van der Waals surface area contributed by atoms with E-state index in [9.17, 15) is 5.11 Å². The van der Waals surface area contributed by atoms with E-state index in [1.807, 2.05) is 0 Å². The summed E-state index contributed by atoms with van der Waals surface area (Å²) in [7, 11) is -2.61. The number of rotatable bonds is 5. The van der Waals surface area contributed by atoms with Crippen molar-refractivity contribution in [1.82, 2.24) is 4.90 Å². The highest BCUT2D eigenvalue weighted by molar-refractivity contribution is 5.31. The molecule has 3 heteroatoms. The van der Waals surface area contributed by atoms with Gasteiger partial charge in [0.25, 0.3) is 0 Å². The van der Waals surface area contributed by atoms with E-state index in [0.717, 1.165) is 19.3 Å². The summed E-state index contributed by atoms with van der Waals surface area (Å²) in [5.41, 5.74) is -0.717. The number of nitrogens with zero attached hydrogens (tertiary/aromatic N) is 1. The van der Waals surface area contributed by atoms with E-state index in [-0.39, 0.29) is 27.1 Å². The molecule has 3 nitrogen and oxygen atoms in total. The molecule has 1 aliphatic carbocycles. The lowest BCUT2D eigenvalue weighted by Gasteiger charge is -2.40. The fourth-order valence-electron chi connectivity index (χ4n) is 3.05.